The zero-order chi connectivity index (χ0) is 29.1. The highest BCUT2D eigenvalue weighted by molar-refractivity contribution is 6.47. The highest BCUT2D eigenvalue weighted by Gasteiger charge is 2.41. The molecular formula is C25H27BN4O10. The van der Waals surface area contributed by atoms with E-state index < -0.39 is 55.1 Å². The number of para-hydroxylation sites is 1. The molecule has 1 saturated heterocycles. The first-order valence-corrected chi connectivity index (χ1v) is 12.4. The molecule has 0 spiro atoms. The van der Waals surface area contributed by atoms with Gasteiger partial charge >= 0.3 is 25.1 Å². The number of aromatic carboxylic acids is 2. The molecule has 2 unspecified atom stereocenters. The summed E-state index contributed by atoms with van der Waals surface area (Å²) in [7, 11) is -1.64. The van der Waals surface area contributed by atoms with E-state index in [1.807, 2.05) is 0 Å². The number of carboxylic acids is 2. The lowest BCUT2D eigenvalue weighted by molar-refractivity contribution is -0.153. The monoisotopic (exact) mass is 554 g/mol. The third-order valence-electron chi connectivity index (χ3n) is 6.76. The summed E-state index contributed by atoms with van der Waals surface area (Å²) in [6.45, 7) is 2.20. The molecule has 6 N–H and O–H groups in total. The Morgan fingerprint density at radius 2 is 1.82 bits per heavy atom. The molecule has 2 aliphatic rings. The van der Waals surface area contributed by atoms with Crippen molar-refractivity contribution in [2.24, 2.45) is 0 Å². The highest BCUT2D eigenvalue weighted by atomic mass is 16.5. The zero-order valence-electron chi connectivity index (χ0n) is 21.3. The molecule has 210 valence electrons. The number of nitrogens with one attached hydrogen (secondary N) is 2. The number of aliphatic hydroxyl groups is 1. The van der Waals surface area contributed by atoms with Crippen LogP contribution in [0.15, 0.2) is 42.5 Å². The minimum atomic E-state index is -1.78. The van der Waals surface area contributed by atoms with E-state index in [4.69, 9.17) is 4.65 Å². The maximum atomic E-state index is 13.5. The number of rotatable bonds is 7. The molecule has 0 bridgehead atoms. The average Bonchev–Trinajstić information content (AvgIpc) is 2.93. The lowest BCUT2D eigenvalue weighted by atomic mass is 9.72. The first-order chi connectivity index (χ1) is 19.0. The molecule has 0 aromatic heterocycles. The van der Waals surface area contributed by atoms with Gasteiger partial charge in [-0.15, -0.1) is 0 Å². The van der Waals surface area contributed by atoms with Crippen LogP contribution in [0.2, 0.25) is 0 Å². The molecule has 2 aromatic carbocycles. The van der Waals surface area contributed by atoms with Crippen LogP contribution in [0.25, 0.3) is 0 Å². The fourth-order valence-electron chi connectivity index (χ4n) is 4.62. The van der Waals surface area contributed by atoms with Gasteiger partial charge in [0.25, 0.3) is 5.91 Å². The molecule has 14 nitrogen and oxygen atoms in total. The van der Waals surface area contributed by atoms with Gasteiger partial charge in [0.2, 0.25) is 12.1 Å². The fourth-order valence-corrected chi connectivity index (χ4v) is 4.62. The van der Waals surface area contributed by atoms with Crippen LogP contribution in [0.3, 0.4) is 0 Å². The van der Waals surface area contributed by atoms with Gasteiger partial charge in [0, 0.05) is 19.6 Å². The molecule has 4 amide bonds. The van der Waals surface area contributed by atoms with E-state index in [0.717, 1.165) is 4.90 Å². The van der Waals surface area contributed by atoms with Crippen molar-refractivity contribution in [3.05, 3.63) is 64.7 Å². The highest BCUT2D eigenvalue weighted by Crippen LogP contribution is 2.30. The van der Waals surface area contributed by atoms with Gasteiger partial charge in [-0.3, -0.25) is 14.5 Å². The van der Waals surface area contributed by atoms with Gasteiger partial charge in [0.15, 0.2) is 0 Å². The second-order valence-electron chi connectivity index (χ2n) is 9.22. The van der Waals surface area contributed by atoms with Crippen molar-refractivity contribution < 1.29 is 49.0 Å². The third-order valence-corrected chi connectivity index (χ3v) is 6.76. The van der Waals surface area contributed by atoms with Gasteiger partial charge in [0.05, 0.1) is 17.1 Å². The second kappa shape index (κ2) is 11.6. The van der Waals surface area contributed by atoms with Crippen LogP contribution in [0.4, 0.5) is 4.79 Å². The smallest absolute Gasteiger partial charge is 0.534 e. The number of hydrogen-bond donors (Lipinski definition) is 6. The summed E-state index contributed by atoms with van der Waals surface area (Å²) in [5, 5.41) is 44.8. The Morgan fingerprint density at radius 1 is 1.10 bits per heavy atom. The average molecular weight is 554 g/mol. The van der Waals surface area contributed by atoms with Gasteiger partial charge in [0.1, 0.15) is 11.8 Å². The number of carboxylic acid groups (broad SMARTS) is 2. The Balaban J connectivity index is 1.59. The molecule has 4 rings (SSSR count). The van der Waals surface area contributed by atoms with E-state index in [1.54, 1.807) is 13.0 Å². The minimum absolute atomic E-state index is 0.00855. The lowest BCUT2D eigenvalue weighted by Gasteiger charge is -2.38. The molecule has 0 radical (unpaired) electrons. The first kappa shape index (κ1) is 28.4. The molecular weight excluding hydrogens is 527 g/mol. The van der Waals surface area contributed by atoms with Gasteiger partial charge in [-0.05, 0) is 42.7 Å². The largest absolute Gasteiger partial charge is 0.547 e. The summed E-state index contributed by atoms with van der Waals surface area (Å²) in [6, 6.07) is 7.21. The number of carbonyl (C=O) groups excluding carboxylic acids is 3. The zero-order valence-corrected chi connectivity index (χ0v) is 21.3. The predicted octanol–water partition coefficient (Wildman–Crippen LogP) is -0.544. The maximum absolute atomic E-state index is 13.5. The summed E-state index contributed by atoms with van der Waals surface area (Å²) in [5.74, 6) is -5.16. The molecule has 3 atom stereocenters. The van der Waals surface area contributed by atoms with Crippen LogP contribution in [0, 0.1) is 0 Å². The number of urea groups is 1. The number of piperazine rings is 1. The van der Waals surface area contributed by atoms with Crippen molar-refractivity contribution in [3.63, 3.8) is 0 Å². The molecule has 0 aliphatic carbocycles. The first-order valence-electron chi connectivity index (χ1n) is 12.4. The van der Waals surface area contributed by atoms with E-state index in [0.29, 0.717) is 12.1 Å². The molecule has 0 saturated carbocycles. The Labute approximate surface area is 228 Å². The van der Waals surface area contributed by atoms with Crippen LogP contribution < -0.4 is 15.3 Å². The van der Waals surface area contributed by atoms with Crippen molar-refractivity contribution in [2.75, 3.05) is 19.6 Å². The van der Waals surface area contributed by atoms with Crippen molar-refractivity contribution in [1.29, 1.82) is 0 Å². The van der Waals surface area contributed by atoms with Crippen LogP contribution in [0.1, 0.15) is 44.8 Å². The summed E-state index contributed by atoms with van der Waals surface area (Å²) >= 11 is 0. The van der Waals surface area contributed by atoms with Gasteiger partial charge in [-0.1, -0.05) is 24.3 Å². The Bertz CT molecular complexity index is 1350. The van der Waals surface area contributed by atoms with Crippen molar-refractivity contribution in [2.45, 2.75) is 31.6 Å². The van der Waals surface area contributed by atoms with E-state index in [-0.39, 0.29) is 42.0 Å². The predicted molar refractivity (Wildman–Crippen MR) is 137 cm³/mol. The number of amides is 4. The van der Waals surface area contributed by atoms with Crippen LogP contribution in [0.5, 0.6) is 5.75 Å². The van der Waals surface area contributed by atoms with Crippen LogP contribution in [-0.4, -0.2) is 98.8 Å². The number of benzene rings is 2. The molecule has 2 aromatic rings. The number of likely N-dealkylation sites (N-methyl/N-ethyl adjacent to an activating group) is 1. The third kappa shape index (κ3) is 5.69. The Morgan fingerprint density at radius 3 is 2.50 bits per heavy atom. The summed E-state index contributed by atoms with van der Waals surface area (Å²) in [6.07, 6.45) is -1.79. The normalized spacial score (nSPS) is 19.3. The quantitative estimate of drug-likeness (QED) is 0.241. The SMILES string of the molecule is CCN1CCN(C(=O)NC(C(=O)N[C@H]2Cc3cccc(C(=O)O)c3OB2O)c2cccc(C(=O)O)c2)C(O)C1=O. The van der Waals surface area contributed by atoms with E-state index in [9.17, 15) is 44.3 Å². The standard InChI is InChI=1S/C25H27BN4O10/c1-2-29-9-10-30(22(33)21(29)32)25(38)28-18(13-5-3-7-15(11-13)23(34)35)20(31)27-17-12-14-6-4-8-16(24(36)37)19(14)40-26(17)39/h3-8,11,17-18,22,33,39H,2,9-10,12H2,1H3,(H,27,31)(H,28,38)(H,34,35)(H,36,37)/t17-,18?,22?/m0/s1. The molecule has 40 heavy (non-hydrogen) atoms. The van der Waals surface area contributed by atoms with E-state index in [2.05, 4.69) is 10.6 Å². The van der Waals surface area contributed by atoms with Crippen molar-refractivity contribution >= 4 is 36.9 Å². The fraction of sp³-hybridized carbons (Fsp3) is 0.320. The number of nitrogens with zero attached hydrogens (tertiary/aromatic N) is 2. The summed E-state index contributed by atoms with van der Waals surface area (Å²) in [4.78, 5) is 64.3. The van der Waals surface area contributed by atoms with Crippen LogP contribution >= 0.6 is 0 Å². The molecule has 2 aliphatic heterocycles. The van der Waals surface area contributed by atoms with Crippen molar-refractivity contribution in [3.8, 4) is 5.75 Å². The molecule has 1 fully saturated rings. The maximum Gasteiger partial charge on any atom is 0.547 e. The van der Waals surface area contributed by atoms with Crippen LogP contribution in [-0.2, 0) is 16.0 Å². The van der Waals surface area contributed by atoms with Gasteiger partial charge in [-0.25, -0.2) is 14.4 Å². The van der Waals surface area contributed by atoms with Crippen molar-refractivity contribution in [1.82, 2.24) is 20.4 Å². The molecule has 15 heteroatoms. The second-order valence-corrected chi connectivity index (χ2v) is 9.22. The Kier molecular flexibility index (Phi) is 8.25. The van der Waals surface area contributed by atoms with Gasteiger partial charge < -0.3 is 40.5 Å². The van der Waals surface area contributed by atoms with Gasteiger partial charge in [-0.2, -0.15) is 0 Å². The Hall–Kier alpha value is -4.63. The minimum Gasteiger partial charge on any atom is -0.534 e. The number of fused-ring (bicyclic) bond motifs is 1. The van der Waals surface area contributed by atoms with E-state index in [1.165, 1.54) is 41.3 Å². The summed E-state index contributed by atoms with van der Waals surface area (Å²) < 4.78 is 5.41. The number of aliphatic hydroxyl groups excluding tert-OH is 1. The van der Waals surface area contributed by atoms with E-state index >= 15 is 0 Å². The summed E-state index contributed by atoms with van der Waals surface area (Å²) in [5.41, 5.74) is 0.179. The lowest BCUT2D eigenvalue weighted by Crippen LogP contribution is -2.61. The number of hydrogen-bond acceptors (Lipinski definition) is 8. The number of carbonyl (C=O) groups is 5. The molecule has 2 heterocycles. The topological polar surface area (TPSA) is 206 Å².